The average Bonchev–Trinajstić information content (AvgIpc) is 2.90. The average molecular weight is 310 g/mol. The van der Waals surface area contributed by atoms with Crippen molar-refractivity contribution >= 4 is 23.2 Å². The molecule has 0 saturated carbocycles. The molecule has 0 unspecified atom stereocenters. The van der Waals surface area contributed by atoms with Crippen molar-refractivity contribution < 1.29 is 9.53 Å². The molecule has 1 amide bonds. The van der Waals surface area contributed by atoms with E-state index in [9.17, 15) is 4.79 Å². The van der Waals surface area contributed by atoms with Gasteiger partial charge in [0.1, 0.15) is 12.3 Å². The molecule has 2 aromatic rings. The summed E-state index contributed by atoms with van der Waals surface area (Å²) in [6.07, 6.45) is 1.63. The fourth-order valence-corrected chi connectivity index (χ4v) is 1.93. The first-order chi connectivity index (χ1) is 10.0. The minimum Gasteiger partial charge on any atom is -0.495 e. The summed E-state index contributed by atoms with van der Waals surface area (Å²) >= 11 is 6.02. The lowest BCUT2D eigenvalue weighted by molar-refractivity contribution is -0.116. The van der Waals surface area contributed by atoms with Crippen LogP contribution in [0.1, 0.15) is 11.3 Å². The predicted molar refractivity (Wildman–Crippen MR) is 79.3 cm³/mol. The number of carbonyl (C=O) groups excluding carboxylic acids is 1. The highest BCUT2D eigenvalue weighted by Gasteiger charge is 2.11. The van der Waals surface area contributed by atoms with E-state index in [0.29, 0.717) is 22.2 Å². The molecule has 0 atom stereocenters. The highest BCUT2D eigenvalue weighted by Crippen LogP contribution is 2.30. The Morgan fingerprint density at radius 1 is 1.52 bits per heavy atom. The van der Waals surface area contributed by atoms with E-state index in [-0.39, 0.29) is 19.0 Å². The number of methoxy groups -OCH3 is 1. The molecular formula is C13H16ClN5O2. The van der Waals surface area contributed by atoms with Crippen LogP contribution in [-0.4, -0.2) is 28.0 Å². The van der Waals surface area contributed by atoms with Gasteiger partial charge < -0.3 is 15.8 Å². The number of nitrogens with zero attached hydrogens (tertiary/aromatic N) is 3. The van der Waals surface area contributed by atoms with E-state index in [0.717, 1.165) is 5.56 Å². The Labute approximate surface area is 127 Å². The standard InChI is InChI=1S/C13H16ClN5O2/c1-8-3-11(12(21-2)4-10(8)14)16-13(20)7-19-6-9(5-15)17-18-19/h3-4,6H,5,7,15H2,1-2H3,(H,16,20). The molecule has 1 aromatic heterocycles. The predicted octanol–water partition coefficient (Wildman–Crippen LogP) is 1.35. The van der Waals surface area contributed by atoms with Crippen molar-refractivity contribution in [1.82, 2.24) is 15.0 Å². The molecule has 8 heteroatoms. The Morgan fingerprint density at radius 2 is 2.29 bits per heavy atom. The van der Waals surface area contributed by atoms with Crippen LogP contribution in [0.2, 0.25) is 5.02 Å². The summed E-state index contributed by atoms with van der Waals surface area (Å²) in [4.78, 5) is 12.0. The van der Waals surface area contributed by atoms with E-state index in [2.05, 4.69) is 15.6 Å². The number of halogens is 1. The summed E-state index contributed by atoms with van der Waals surface area (Å²) in [7, 11) is 1.52. The summed E-state index contributed by atoms with van der Waals surface area (Å²) in [6.45, 7) is 2.17. The van der Waals surface area contributed by atoms with Crippen molar-refractivity contribution in [3.05, 3.63) is 34.6 Å². The third kappa shape index (κ3) is 3.71. The van der Waals surface area contributed by atoms with E-state index in [1.165, 1.54) is 11.8 Å². The first-order valence-corrected chi connectivity index (χ1v) is 6.64. The molecule has 0 fully saturated rings. The number of aryl methyl sites for hydroxylation is 1. The summed E-state index contributed by atoms with van der Waals surface area (Å²) in [5.74, 6) is 0.253. The molecule has 21 heavy (non-hydrogen) atoms. The number of benzene rings is 1. The Kier molecular flexibility index (Phi) is 4.77. The van der Waals surface area contributed by atoms with Crippen molar-refractivity contribution in [1.29, 1.82) is 0 Å². The number of amides is 1. The van der Waals surface area contributed by atoms with Gasteiger partial charge >= 0.3 is 0 Å². The van der Waals surface area contributed by atoms with Crippen molar-refractivity contribution in [3.8, 4) is 5.75 Å². The van der Waals surface area contributed by atoms with Crippen LogP contribution in [-0.2, 0) is 17.9 Å². The molecule has 0 aliphatic heterocycles. The number of hydrogen-bond donors (Lipinski definition) is 2. The highest BCUT2D eigenvalue weighted by molar-refractivity contribution is 6.31. The van der Waals surface area contributed by atoms with Crippen LogP contribution in [0, 0.1) is 6.92 Å². The first-order valence-electron chi connectivity index (χ1n) is 6.26. The Morgan fingerprint density at radius 3 is 2.90 bits per heavy atom. The fourth-order valence-electron chi connectivity index (χ4n) is 1.78. The largest absolute Gasteiger partial charge is 0.495 e. The minimum atomic E-state index is -0.247. The van der Waals surface area contributed by atoms with Crippen LogP contribution in [0.5, 0.6) is 5.75 Å². The summed E-state index contributed by atoms with van der Waals surface area (Å²) in [5.41, 5.74) is 7.47. The van der Waals surface area contributed by atoms with Crippen molar-refractivity contribution in [2.45, 2.75) is 20.0 Å². The Balaban J connectivity index is 2.10. The van der Waals surface area contributed by atoms with Gasteiger partial charge in [-0.3, -0.25) is 4.79 Å². The molecule has 0 saturated heterocycles. The molecule has 3 N–H and O–H groups in total. The number of ether oxygens (including phenoxy) is 1. The molecule has 0 bridgehead atoms. The number of nitrogens with one attached hydrogen (secondary N) is 1. The second-order valence-corrected chi connectivity index (χ2v) is 4.87. The van der Waals surface area contributed by atoms with Gasteiger partial charge in [-0.2, -0.15) is 0 Å². The lowest BCUT2D eigenvalue weighted by Crippen LogP contribution is -2.19. The maximum atomic E-state index is 12.0. The molecule has 0 radical (unpaired) electrons. The summed E-state index contributed by atoms with van der Waals surface area (Å²) in [5, 5.41) is 11.0. The monoisotopic (exact) mass is 309 g/mol. The minimum absolute atomic E-state index is 0.0395. The third-order valence-electron chi connectivity index (χ3n) is 2.86. The van der Waals surface area contributed by atoms with E-state index in [1.807, 2.05) is 6.92 Å². The third-order valence-corrected chi connectivity index (χ3v) is 3.26. The van der Waals surface area contributed by atoms with Crippen molar-refractivity contribution in [2.24, 2.45) is 5.73 Å². The SMILES string of the molecule is COc1cc(Cl)c(C)cc1NC(=O)Cn1cc(CN)nn1. The first kappa shape index (κ1) is 15.3. The second-order valence-electron chi connectivity index (χ2n) is 4.46. The van der Waals surface area contributed by atoms with Crippen LogP contribution in [0.25, 0.3) is 0 Å². The number of hydrogen-bond acceptors (Lipinski definition) is 5. The zero-order valence-electron chi connectivity index (χ0n) is 11.8. The normalized spacial score (nSPS) is 10.5. The number of aromatic nitrogens is 3. The van der Waals surface area contributed by atoms with Gasteiger partial charge in [-0.05, 0) is 18.6 Å². The van der Waals surface area contributed by atoms with Gasteiger partial charge in [-0.25, -0.2) is 4.68 Å². The molecule has 1 aromatic carbocycles. The number of carbonyl (C=O) groups is 1. The zero-order valence-corrected chi connectivity index (χ0v) is 12.5. The zero-order chi connectivity index (χ0) is 15.4. The number of anilines is 1. The molecule has 2 rings (SSSR count). The summed E-state index contributed by atoms with van der Waals surface area (Å²) in [6, 6.07) is 3.42. The van der Waals surface area contributed by atoms with E-state index < -0.39 is 0 Å². The van der Waals surface area contributed by atoms with Crippen LogP contribution in [0.4, 0.5) is 5.69 Å². The Hall–Kier alpha value is -2.12. The molecule has 1 heterocycles. The maximum absolute atomic E-state index is 12.0. The molecule has 7 nitrogen and oxygen atoms in total. The molecular weight excluding hydrogens is 294 g/mol. The van der Waals surface area contributed by atoms with Gasteiger partial charge in [0.05, 0.1) is 24.7 Å². The van der Waals surface area contributed by atoms with E-state index >= 15 is 0 Å². The highest BCUT2D eigenvalue weighted by atomic mass is 35.5. The second kappa shape index (κ2) is 6.55. The topological polar surface area (TPSA) is 95.1 Å². The van der Waals surface area contributed by atoms with Crippen molar-refractivity contribution in [3.63, 3.8) is 0 Å². The molecule has 0 aliphatic rings. The smallest absolute Gasteiger partial charge is 0.246 e. The number of nitrogens with two attached hydrogens (primary N) is 1. The van der Waals surface area contributed by atoms with Gasteiger partial charge in [-0.15, -0.1) is 5.10 Å². The van der Waals surface area contributed by atoms with E-state index in [1.54, 1.807) is 18.3 Å². The van der Waals surface area contributed by atoms with Crippen LogP contribution >= 0.6 is 11.6 Å². The molecule has 0 aliphatic carbocycles. The lowest BCUT2D eigenvalue weighted by Gasteiger charge is -2.12. The van der Waals surface area contributed by atoms with Gasteiger partial charge in [0.15, 0.2) is 0 Å². The van der Waals surface area contributed by atoms with Crippen LogP contribution in [0.3, 0.4) is 0 Å². The van der Waals surface area contributed by atoms with Gasteiger partial charge in [0, 0.05) is 17.6 Å². The van der Waals surface area contributed by atoms with Gasteiger partial charge in [0.25, 0.3) is 0 Å². The van der Waals surface area contributed by atoms with Gasteiger partial charge in [0.2, 0.25) is 5.91 Å². The van der Waals surface area contributed by atoms with Crippen LogP contribution in [0.15, 0.2) is 18.3 Å². The number of rotatable bonds is 5. The van der Waals surface area contributed by atoms with E-state index in [4.69, 9.17) is 22.1 Å². The fraction of sp³-hybridized carbons (Fsp3) is 0.308. The molecule has 0 spiro atoms. The lowest BCUT2D eigenvalue weighted by atomic mass is 10.2. The van der Waals surface area contributed by atoms with Crippen molar-refractivity contribution in [2.75, 3.05) is 12.4 Å². The van der Waals surface area contributed by atoms with Crippen LogP contribution < -0.4 is 15.8 Å². The Bertz CT molecular complexity index is 656. The van der Waals surface area contributed by atoms with Gasteiger partial charge in [-0.1, -0.05) is 16.8 Å². The summed E-state index contributed by atoms with van der Waals surface area (Å²) < 4.78 is 6.63. The maximum Gasteiger partial charge on any atom is 0.246 e. The molecule has 112 valence electrons. The quantitative estimate of drug-likeness (QED) is 0.869.